The Balaban J connectivity index is 2.40. The van der Waals surface area contributed by atoms with Crippen molar-refractivity contribution in [3.8, 4) is 11.5 Å². The Labute approximate surface area is 98.0 Å². The standard InChI is InChI=1S/C12H12O5/c1-16-12(15)11-8-6-7(4-5-13)17-10(8)3-2-9(11)14/h2-3,5,7,14H,4,6H2,1H3. The molecule has 0 saturated carbocycles. The molecular weight excluding hydrogens is 224 g/mol. The number of ether oxygens (including phenoxy) is 2. The molecule has 5 heteroatoms. The van der Waals surface area contributed by atoms with Gasteiger partial charge in [0.1, 0.15) is 29.5 Å². The van der Waals surface area contributed by atoms with E-state index in [0.29, 0.717) is 17.7 Å². The van der Waals surface area contributed by atoms with Crippen LogP contribution < -0.4 is 4.74 Å². The van der Waals surface area contributed by atoms with Crippen LogP contribution >= 0.6 is 0 Å². The molecule has 1 aromatic carbocycles. The lowest BCUT2D eigenvalue weighted by Crippen LogP contribution is -2.13. The molecule has 1 heterocycles. The van der Waals surface area contributed by atoms with E-state index in [1.807, 2.05) is 0 Å². The van der Waals surface area contributed by atoms with Crippen LogP contribution in [0.15, 0.2) is 12.1 Å². The number of hydrogen-bond donors (Lipinski definition) is 1. The van der Waals surface area contributed by atoms with Gasteiger partial charge in [-0.1, -0.05) is 0 Å². The minimum absolute atomic E-state index is 0.124. The minimum Gasteiger partial charge on any atom is -0.507 e. The summed E-state index contributed by atoms with van der Waals surface area (Å²) in [5, 5.41) is 9.67. The zero-order valence-corrected chi connectivity index (χ0v) is 9.30. The molecule has 1 aliphatic rings. The summed E-state index contributed by atoms with van der Waals surface area (Å²) in [5.41, 5.74) is 0.724. The van der Waals surface area contributed by atoms with Gasteiger partial charge in [-0.05, 0) is 12.1 Å². The Kier molecular flexibility index (Phi) is 2.99. The zero-order valence-electron chi connectivity index (χ0n) is 9.30. The number of methoxy groups -OCH3 is 1. The average Bonchev–Trinajstić information content (AvgIpc) is 2.71. The quantitative estimate of drug-likeness (QED) is 0.627. The maximum absolute atomic E-state index is 11.6. The van der Waals surface area contributed by atoms with E-state index in [-0.39, 0.29) is 23.8 Å². The second kappa shape index (κ2) is 4.45. The fourth-order valence-electron chi connectivity index (χ4n) is 1.95. The number of phenols is 1. The van der Waals surface area contributed by atoms with Crippen molar-refractivity contribution in [2.45, 2.75) is 18.9 Å². The van der Waals surface area contributed by atoms with Gasteiger partial charge in [0.05, 0.1) is 7.11 Å². The lowest BCUT2D eigenvalue weighted by atomic mass is 10.0. The summed E-state index contributed by atoms with van der Waals surface area (Å²) in [4.78, 5) is 22.0. The van der Waals surface area contributed by atoms with E-state index in [4.69, 9.17) is 4.74 Å². The summed E-state index contributed by atoms with van der Waals surface area (Å²) in [6.45, 7) is 0. The second-order valence-corrected chi connectivity index (χ2v) is 3.77. The molecule has 0 aromatic heterocycles. The fraction of sp³-hybridized carbons (Fsp3) is 0.333. The van der Waals surface area contributed by atoms with Crippen LogP contribution in [0.2, 0.25) is 0 Å². The first-order chi connectivity index (χ1) is 8.17. The van der Waals surface area contributed by atoms with Crippen molar-refractivity contribution >= 4 is 12.3 Å². The SMILES string of the molecule is COC(=O)c1c(O)ccc2c1CC(CC=O)O2. The molecule has 17 heavy (non-hydrogen) atoms. The predicted octanol–water partition coefficient (Wildman–Crippen LogP) is 1.07. The van der Waals surface area contributed by atoms with Crippen LogP contribution in [-0.2, 0) is 16.0 Å². The number of benzene rings is 1. The van der Waals surface area contributed by atoms with Crippen molar-refractivity contribution < 1.29 is 24.2 Å². The van der Waals surface area contributed by atoms with E-state index < -0.39 is 5.97 Å². The molecule has 1 N–H and O–H groups in total. The van der Waals surface area contributed by atoms with E-state index >= 15 is 0 Å². The first kappa shape index (κ1) is 11.4. The molecule has 5 nitrogen and oxygen atoms in total. The third-order valence-electron chi connectivity index (χ3n) is 2.72. The Hall–Kier alpha value is -2.04. The van der Waals surface area contributed by atoms with Gasteiger partial charge in [0, 0.05) is 18.4 Å². The van der Waals surface area contributed by atoms with E-state index in [9.17, 15) is 14.7 Å². The number of rotatable bonds is 3. The van der Waals surface area contributed by atoms with Crippen molar-refractivity contribution in [3.63, 3.8) is 0 Å². The molecule has 0 spiro atoms. The molecule has 0 radical (unpaired) electrons. The highest BCUT2D eigenvalue weighted by atomic mass is 16.5. The van der Waals surface area contributed by atoms with Crippen molar-refractivity contribution in [3.05, 3.63) is 23.3 Å². The number of aromatic hydroxyl groups is 1. The Bertz CT molecular complexity index is 466. The summed E-state index contributed by atoms with van der Waals surface area (Å²) < 4.78 is 10.1. The van der Waals surface area contributed by atoms with Gasteiger partial charge in [-0.25, -0.2) is 4.79 Å². The lowest BCUT2D eigenvalue weighted by molar-refractivity contribution is -0.109. The van der Waals surface area contributed by atoms with Crippen LogP contribution in [0, 0.1) is 0 Å². The van der Waals surface area contributed by atoms with Crippen LogP contribution in [0.5, 0.6) is 11.5 Å². The second-order valence-electron chi connectivity index (χ2n) is 3.77. The van der Waals surface area contributed by atoms with Gasteiger partial charge in [-0.3, -0.25) is 0 Å². The Morgan fingerprint density at radius 3 is 3.06 bits per heavy atom. The van der Waals surface area contributed by atoms with Gasteiger partial charge in [0.2, 0.25) is 0 Å². The first-order valence-corrected chi connectivity index (χ1v) is 5.20. The van der Waals surface area contributed by atoms with Crippen molar-refractivity contribution in [2.75, 3.05) is 7.11 Å². The summed E-state index contributed by atoms with van der Waals surface area (Å²) in [6.07, 6.45) is 1.18. The lowest BCUT2D eigenvalue weighted by Gasteiger charge is -2.06. The van der Waals surface area contributed by atoms with Crippen molar-refractivity contribution in [2.24, 2.45) is 0 Å². The molecule has 0 bridgehead atoms. The highest BCUT2D eigenvalue weighted by Gasteiger charge is 2.29. The molecule has 1 atom stereocenters. The maximum atomic E-state index is 11.6. The van der Waals surface area contributed by atoms with E-state index in [1.165, 1.54) is 13.2 Å². The third-order valence-corrected chi connectivity index (χ3v) is 2.72. The van der Waals surface area contributed by atoms with E-state index in [0.717, 1.165) is 6.29 Å². The topological polar surface area (TPSA) is 72.8 Å². The average molecular weight is 236 g/mol. The van der Waals surface area contributed by atoms with Crippen LogP contribution in [0.25, 0.3) is 0 Å². The molecule has 0 saturated heterocycles. The zero-order chi connectivity index (χ0) is 12.4. The fourth-order valence-corrected chi connectivity index (χ4v) is 1.95. The van der Waals surface area contributed by atoms with Crippen LogP contribution in [0.1, 0.15) is 22.3 Å². The van der Waals surface area contributed by atoms with Crippen LogP contribution in [-0.4, -0.2) is 30.6 Å². The predicted molar refractivity (Wildman–Crippen MR) is 58.2 cm³/mol. The van der Waals surface area contributed by atoms with E-state index in [1.54, 1.807) is 6.07 Å². The first-order valence-electron chi connectivity index (χ1n) is 5.20. The molecular formula is C12H12O5. The smallest absolute Gasteiger partial charge is 0.342 e. The molecule has 90 valence electrons. The summed E-state index contributed by atoms with van der Waals surface area (Å²) in [5.74, 6) is -0.212. The van der Waals surface area contributed by atoms with Crippen LogP contribution in [0.3, 0.4) is 0 Å². The minimum atomic E-state index is -0.602. The van der Waals surface area contributed by atoms with Gasteiger partial charge in [0.25, 0.3) is 0 Å². The summed E-state index contributed by atoms with van der Waals surface area (Å²) in [6, 6.07) is 2.97. The largest absolute Gasteiger partial charge is 0.507 e. The van der Waals surface area contributed by atoms with Gasteiger partial charge >= 0.3 is 5.97 Å². The molecule has 0 fully saturated rings. The maximum Gasteiger partial charge on any atom is 0.342 e. The van der Waals surface area contributed by atoms with Gasteiger partial charge in [-0.2, -0.15) is 0 Å². The molecule has 0 amide bonds. The number of hydrogen-bond acceptors (Lipinski definition) is 5. The van der Waals surface area contributed by atoms with Crippen molar-refractivity contribution in [1.82, 2.24) is 0 Å². The highest BCUT2D eigenvalue weighted by molar-refractivity contribution is 5.95. The molecule has 1 aliphatic heterocycles. The van der Waals surface area contributed by atoms with Crippen LogP contribution in [0.4, 0.5) is 0 Å². The number of fused-ring (bicyclic) bond motifs is 1. The number of esters is 1. The number of carbonyl (C=O) groups excluding carboxylic acids is 2. The summed E-state index contributed by atoms with van der Waals surface area (Å²) in [7, 11) is 1.25. The third kappa shape index (κ3) is 1.95. The van der Waals surface area contributed by atoms with Crippen molar-refractivity contribution in [1.29, 1.82) is 0 Å². The number of carbonyl (C=O) groups is 2. The monoisotopic (exact) mass is 236 g/mol. The summed E-state index contributed by atoms with van der Waals surface area (Å²) >= 11 is 0. The van der Waals surface area contributed by atoms with Gasteiger partial charge in [-0.15, -0.1) is 0 Å². The normalized spacial score (nSPS) is 17.1. The Morgan fingerprint density at radius 2 is 2.41 bits per heavy atom. The Morgan fingerprint density at radius 1 is 1.65 bits per heavy atom. The van der Waals surface area contributed by atoms with Gasteiger partial charge in [0.15, 0.2) is 0 Å². The van der Waals surface area contributed by atoms with Gasteiger partial charge < -0.3 is 19.4 Å². The molecule has 1 aromatic rings. The van der Waals surface area contributed by atoms with E-state index in [2.05, 4.69) is 4.74 Å². The molecule has 1 unspecified atom stereocenters. The number of phenolic OH excluding ortho intramolecular Hbond substituents is 1. The molecule has 0 aliphatic carbocycles. The highest BCUT2D eigenvalue weighted by Crippen LogP contribution is 2.37. The molecule has 2 rings (SSSR count). The number of aldehydes is 1.